The Morgan fingerprint density at radius 1 is 1.17 bits per heavy atom. The summed E-state index contributed by atoms with van der Waals surface area (Å²) < 4.78 is 5.33. The number of hydrogen-bond donors (Lipinski definition) is 2. The van der Waals surface area contributed by atoms with E-state index < -0.39 is 11.5 Å². The lowest BCUT2D eigenvalue weighted by Gasteiger charge is -2.17. The van der Waals surface area contributed by atoms with Gasteiger partial charge in [0.25, 0.3) is 0 Å². The zero-order chi connectivity index (χ0) is 17.3. The van der Waals surface area contributed by atoms with Gasteiger partial charge in [0.15, 0.2) is 0 Å². The van der Waals surface area contributed by atoms with Crippen molar-refractivity contribution in [2.45, 2.75) is 19.3 Å². The molecule has 3 aromatic rings. The molecule has 0 bridgehead atoms. The van der Waals surface area contributed by atoms with Gasteiger partial charge in [0.05, 0.1) is 10.9 Å². The molecule has 1 heterocycles. The summed E-state index contributed by atoms with van der Waals surface area (Å²) in [6.07, 6.45) is 0.0839. The van der Waals surface area contributed by atoms with E-state index in [0.717, 1.165) is 5.56 Å². The first-order chi connectivity index (χ1) is 11.5. The molecule has 0 aliphatic carbocycles. The second-order valence-electron chi connectivity index (χ2n) is 5.77. The fraction of sp³-hybridized carbons (Fsp3) is 0.158. The molecule has 0 saturated heterocycles. The molecule has 0 aliphatic heterocycles. The van der Waals surface area contributed by atoms with Crippen LogP contribution in [0.25, 0.3) is 11.0 Å². The minimum absolute atomic E-state index is 0.0839. The van der Waals surface area contributed by atoms with E-state index in [-0.39, 0.29) is 23.5 Å². The number of carbonyl (C=O) groups excluding carboxylic acids is 1. The van der Waals surface area contributed by atoms with Crippen LogP contribution in [-0.4, -0.2) is 10.9 Å². The summed E-state index contributed by atoms with van der Waals surface area (Å²) in [6.45, 7) is 1.45. The molecular formula is C19H17NO4. The predicted molar refractivity (Wildman–Crippen MR) is 92.1 cm³/mol. The van der Waals surface area contributed by atoms with Crippen molar-refractivity contribution in [2.24, 2.45) is 0 Å². The third-order valence-electron chi connectivity index (χ3n) is 4.00. The third kappa shape index (κ3) is 2.88. The maximum Gasteiger partial charge on any atom is 0.343 e. The number of aromatic hydroxyl groups is 1. The molecule has 0 fully saturated rings. The zero-order valence-corrected chi connectivity index (χ0v) is 13.2. The second kappa shape index (κ2) is 6.20. The fourth-order valence-corrected chi connectivity index (χ4v) is 2.86. The van der Waals surface area contributed by atoms with Gasteiger partial charge in [-0.1, -0.05) is 24.3 Å². The van der Waals surface area contributed by atoms with E-state index in [4.69, 9.17) is 10.2 Å². The third-order valence-corrected chi connectivity index (χ3v) is 4.00. The quantitative estimate of drug-likeness (QED) is 0.568. The molecule has 24 heavy (non-hydrogen) atoms. The number of ketones is 1. The Bertz CT molecular complexity index is 957. The minimum atomic E-state index is -0.644. The molecule has 3 rings (SSSR count). The Kier molecular flexibility index (Phi) is 4.08. The van der Waals surface area contributed by atoms with Crippen LogP contribution in [0.2, 0.25) is 0 Å². The number of benzene rings is 2. The minimum Gasteiger partial charge on any atom is -0.507 e. The predicted octanol–water partition coefficient (Wildman–Crippen LogP) is 3.19. The van der Waals surface area contributed by atoms with E-state index in [2.05, 4.69) is 0 Å². The molecule has 0 radical (unpaired) electrons. The summed E-state index contributed by atoms with van der Waals surface area (Å²) in [4.78, 5) is 24.2. The average Bonchev–Trinajstić information content (AvgIpc) is 2.54. The van der Waals surface area contributed by atoms with Gasteiger partial charge in [-0.15, -0.1) is 0 Å². The molecule has 5 nitrogen and oxygen atoms in total. The molecule has 0 saturated carbocycles. The van der Waals surface area contributed by atoms with Gasteiger partial charge in [-0.2, -0.15) is 0 Å². The van der Waals surface area contributed by atoms with Crippen LogP contribution < -0.4 is 11.4 Å². The number of fused-ring (bicyclic) bond motifs is 1. The Balaban J connectivity index is 2.24. The van der Waals surface area contributed by atoms with E-state index in [1.165, 1.54) is 6.92 Å². The molecule has 1 atom stereocenters. The second-order valence-corrected chi connectivity index (χ2v) is 5.77. The lowest BCUT2D eigenvalue weighted by atomic mass is 9.87. The molecule has 1 aromatic heterocycles. The van der Waals surface area contributed by atoms with Crippen LogP contribution in [0.4, 0.5) is 5.69 Å². The summed E-state index contributed by atoms with van der Waals surface area (Å²) in [6, 6.07) is 13.6. The van der Waals surface area contributed by atoms with Crippen LogP contribution in [0.5, 0.6) is 5.75 Å². The normalized spacial score (nSPS) is 12.2. The zero-order valence-electron chi connectivity index (χ0n) is 13.2. The van der Waals surface area contributed by atoms with Gasteiger partial charge in [-0.05, 0) is 36.8 Å². The number of hydrogen-bond acceptors (Lipinski definition) is 5. The van der Waals surface area contributed by atoms with Crippen molar-refractivity contribution < 1.29 is 14.3 Å². The summed E-state index contributed by atoms with van der Waals surface area (Å²) in [5, 5.41) is 11.1. The van der Waals surface area contributed by atoms with Crippen LogP contribution >= 0.6 is 0 Å². The fourth-order valence-electron chi connectivity index (χ4n) is 2.86. The maximum atomic E-state index is 12.5. The van der Waals surface area contributed by atoms with E-state index >= 15 is 0 Å². The standard InChI is InChI=1S/C19H17NO4/c1-11(21)10-15(12-6-8-13(20)9-7-12)17-18(22)14-4-2-3-5-16(14)24-19(17)23/h2-9,15,22H,10,20H2,1H3. The highest BCUT2D eigenvalue weighted by molar-refractivity contribution is 5.85. The van der Waals surface area contributed by atoms with Gasteiger partial charge < -0.3 is 15.3 Å². The van der Waals surface area contributed by atoms with Crippen LogP contribution in [0.1, 0.15) is 30.4 Å². The highest BCUT2D eigenvalue weighted by Crippen LogP contribution is 2.36. The van der Waals surface area contributed by atoms with Crippen LogP contribution in [-0.2, 0) is 4.79 Å². The highest BCUT2D eigenvalue weighted by Gasteiger charge is 2.25. The summed E-state index contributed by atoms with van der Waals surface area (Å²) in [5.74, 6) is -0.835. The number of para-hydroxylation sites is 1. The number of nitrogens with two attached hydrogens (primary N) is 1. The van der Waals surface area contributed by atoms with Gasteiger partial charge in [-0.3, -0.25) is 4.79 Å². The molecule has 0 spiro atoms. The van der Waals surface area contributed by atoms with Gasteiger partial charge in [0.1, 0.15) is 17.1 Å². The average molecular weight is 323 g/mol. The first kappa shape index (κ1) is 15.8. The Hall–Kier alpha value is -3.08. The Morgan fingerprint density at radius 3 is 2.50 bits per heavy atom. The lowest BCUT2D eigenvalue weighted by molar-refractivity contribution is -0.117. The first-order valence-electron chi connectivity index (χ1n) is 7.57. The van der Waals surface area contributed by atoms with Crippen molar-refractivity contribution >= 4 is 22.4 Å². The Labute approximate surface area is 138 Å². The smallest absolute Gasteiger partial charge is 0.343 e. The Morgan fingerprint density at radius 2 is 1.83 bits per heavy atom. The van der Waals surface area contributed by atoms with Crippen molar-refractivity contribution in [3.05, 3.63) is 70.1 Å². The van der Waals surface area contributed by atoms with Crippen molar-refractivity contribution in [1.82, 2.24) is 0 Å². The largest absolute Gasteiger partial charge is 0.507 e. The number of anilines is 1. The van der Waals surface area contributed by atoms with E-state index in [0.29, 0.717) is 16.7 Å². The van der Waals surface area contributed by atoms with Crippen LogP contribution in [0.3, 0.4) is 0 Å². The number of Topliss-reactive ketones (excluding diaryl/α,β-unsaturated/α-hetero) is 1. The molecule has 1 unspecified atom stereocenters. The molecule has 5 heteroatoms. The first-order valence-corrected chi connectivity index (χ1v) is 7.57. The van der Waals surface area contributed by atoms with E-state index in [1.807, 2.05) is 0 Å². The SMILES string of the molecule is CC(=O)CC(c1ccc(N)cc1)c1c(O)c2ccccc2oc1=O. The lowest BCUT2D eigenvalue weighted by Crippen LogP contribution is -2.16. The van der Waals surface area contributed by atoms with Crippen molar-refractivity contribution in [2.75, 3.05) is 5.73 Å². The van der Waals surface area contributed by atoms with E-state index in [1.54, 1.807) is 48.5 Å². The maximum absolute atomic E-state index is 12.5. The summed E-state index contributed by atoms with van der Waals surface area (Å²) >= 11 is 0. The number of carbonyl (C=O) groups is 1. The number of rotatable bonds is 4. The molecular weight excluding hydrogens is 306 g/mol. The monoisotopic (exact) mass is 323 g/mol. The molecule has 0 aliphatic rings. The van der Waals surface area contributed by atoms with Gasteiger partial charge in [0.2, 0.25) is 0 Å². The van der Waals surface area contributed by atoms with Crippen LogP contribution in [0.15, 0.2) is 57.7 Å². The molecule has 2 aromatic carbocycles. The van der Waals surface area contributed by atoms with Gasteiger partial charge >= 0.3 is 5.63 Å². The molecule has 122 valence electrons. The van der Waals surface area contributed by atoms with Crippen molar-refractivity contribution in [3.63, 3.8) is 0 Å². The van der Waals surface area contributed by atoms with Gasteiger partial charge in [0, 0.05) is 18.0 Å². The summed E-state index contributed by atoms with van der Waals surface area (Å²) in [7, 11) is 0. The van der Waals surface area contributed by atoms with E-state index in [9.17, 15) is 14.7 Å². The summed E-state index contributed by atoms with van der Waals surface area (Å²) in [5.41, 5.74) is 6.76. The highest BCUT2D eigenvalue weighted by atomic mass is 16.4. The molecule has 0 amide bonds. The van der Waals surface area contributed by atoms with Gasteiger partial charge in [-0.25, -0.2) is 4.79 Å². The van der Waals surface area contributed by atoms with Crippen molar-refractivity contribution in [1.29, 1.82) is 0 Å². The molecule has 3 N–H and O–H groups in total. The van der Waals surface area contributed by atoms with Crippen LogP contribution in [0, 0.1) is 0 Å². The topological polar surface area (TPSA) is 93.5 Å². The van der Waals surface area contributed by atoms with Crippen molar-refractivity contribution in [3.8, 4) is 5.75 Å². The number of nitrogen functional groups attached to an aromatic ring is 1.